The molecule has 0 fully saturated rings. The van der Waals surface area contributed by atoms with Gasteiger partial charge < -0.3 is 15.7 Å². The molecule has 1 unspecified atom stereocenters. The number of benzene rings is 2. The summed E-state index contributed by atoms with van der Waals surface area (Å²) in [6.07, 6.45) is 0.281. The second-order valence-electron chi connectivity index (χ2n) is 6.32. The lowest BCUT2D eigenvalue weighted by molar-refractivity contribution is -0.118. The van der Waals surface area contributed by atoms with Crippen LogP contribution in [0.2, 0.25) is 5.02 Å². The number of hydrogen-bond donors (Lipinski definition) is 3. The van der Waals surface area contributed by atoms with Gasteiger partial charge in [-0.05, 0) is 53.8 Å². The van der Waals surface area contributed by atoms with Crippen molar-refractivity contribution in [3.8, 4) is 5.75 Å². The van der Waals surface area contributed by atoms with Crippen LogP contribution in [0.3, 0.4) is 0 Å². The summed E-state index contributed by atoms with van der Waals surface area (Å²) in [5.41, 5.74) is 2.27. The quantitative estimate of drug-likeness (QED) is 0.559. The lowest BCUT2D eigenvalue weighted by Crippen LogP contribution is -2.45. The van der Waals surface area contributed by atoms with Crippen LogP contribution in [0.1, 0.15) is 20.8 Å². The van der Waals surface area contributed by atoms with Crippen LogP contribution in [0.4, 0.5) is 5.69 Å². The van der Waals surface area contributed by atoms with Gasteiger partial charge in [0.15, 0.2) is 0 Å². The second-order valence-corrected chi connectivity index (χ2v) is 7.71. The number of aromatic hydroxyl groups is 1. The van der Waals surface area contributed by atoms with Gasteiger partial charge in [-0.2, -0.15) is 0 Å². The highest BCUT2D eigenvalue weighted by molar-refractivity contribution is 7.12. The summed E-state index contributed by atoms with van der Waals surface area (Å²) in [5.74, 6) is -0.512. The summed E-state index contributed by atoms with van der Waals surface area (Å²) >= 11 is 7.34. The highest BCUT2D eigenvalue weighted by Crippen LogP contribution is 2.21. The first-order valence-corrected chi connectivity index (χ1v) is 9.87. The monoisotopic (exact) mass is 414 g/mol. The number of anilines is 1. The molecule has 1 heterocycles. The minimum Gasteiger partial charge on any atom is -0.508 e. The normalized spacial score (nSPS) is 11.6. The molecule has 0 aliphatic carbocycles. The Morgan fingerprint density at radius 3 is 2.57 bits per heavy atom. The fourth-order valence-corrected chi connectivity index (χ4v) is 3.46. The van der Waals surface area contributed by atoms with E-state index in [2.05, 4.69) is 10.6 Å². The fraction of sp³-hybridized carbons (Fsp3) is 0.143. The largest absolute Gasteiger partial charge is 0.508 e. The van der Waals surface area contributed by atoms with E-state index in [4.69, 9.17) is 11.6 Å². The summed E-state index contributed by atoms with van der Waals surface area (Å²) in [7, 11) is 0. The molecule has 2 amide bonds. The fourth-order valence-electron chi connectivity index (χ4n) is 2.66. The molecule has 5 nitrogen and oxygen atoms in total. The summed E-state index contributed by atoms with van der Waals surface area (Å²) in [6, 6.07) is 14.5. The number of carbonyl (C=O) groups is 2. The maximum Gasteiger partial charge on any atom is 0.262 e. The summed E-state index contributed by atoms with van der Waals surface area (Å²) < 4.78 is 0. The molecular formula is C21H19ClN2O3S. The molecule has 0 radical (unpaired) electrons. The molecular weight excluding hydrogens is 396 g/mol. The smallest absolute Gasteiger partial charge is 0.262 e. The van der Waals surface area contributed by atoms with Gasteiger partial charge in [-0.25, -0.2) is 0 Å². The maximum atomic E-state index is 12.9. The maximum absolute atomic E-state index is 12.9. The first-order chi connectivity index (χ1) is 13.4. The Kier molecular flexibility index (Phi) is 6.34. The van der Waals surface area contributed by atoms with Crippen LogP contribution in [0.5, 0.6) is 5.75 Å². The molecule has 1 atom stereocenters. The zero-order chi connectivity index (χ0) is 20.1. The van der Waals surface area contributed by atoms with Crippen molar-refractivity contribution in [2.45, 2.75) is 19.4 Å². The molecule has 0 aliphatic rings. The number of thiophene rings is 1. The van der Waals surface area contributed by atoms with Crippen LogP contribution in [-0.2, 0) is 11.2 Å². The van der Waals surface area contributed by atoms with Gasteiger partial charge in [0.2, 0.25) is 5.91 Å². The van der Waals surface area contributed by atoms with E-state index in [9.17, 15) is 14.7 Å². The van der Waals surface area contributed by atoms with Crippen molar-refractivity contribution >= 4 is 40.4 Å². The lowest BCUT2D eigenvalue weighted by atomic mass is 10.0. The summed E-state index contributed by atoms with van der Waals surface area (Å²) in [4.78, 5) is 26.0. The van der Waals surface area contributed by atoms with Crippen molar-refractivity contribution in [3.63, 3.8) is 0 Å². The van der Waals surface area contributed by atoms with Crippen LogP contribution in [0.25, 0.3) is 0 Å². The summed E-state index contributed by atoms with van der Waals surface area (Å²) in [6.45, 7) is 1.87. The van der Waals surface area contributed by atoms with Crippen LogP contribution in [0, 0.1) is 6.92 Å². The molecule has 0 saturated heterocycles. The average molecular weight is 415 g/mol. The number of halogens is 1. The Labute approximate surface area is 172 Å². The van der Waals surface area contributed by atoms with Crippen molar-refractivity contribution in [1.29, 1.82) is 0 Å². The first kappa shape index (κ1) is 19.9. The third kappa shape index (κ3) is 5.12. The van der Waals surface area contributed by atoms with Gasteiger partial charge >= 0.3 is 0 Å². The lowest BCUT2D eigenvalue weighted by Gasteiger charge is -2.19. The van der Waals surface area contributed by atoms with Gasteiger partial charge in [0.05, 0.1) is 4.88 Å². The molecule has 144 valence electrons. The topological polar surface area (TPSA) is 78.4 Å². The van der Waals surface area contributed by atoms with Crippen LogP contribution in [0.15, 0.2) is 60.0 Å². The number of aryl methyl sites for hydroxylation is 1. The van der Waals surface area contributed by atoms with Crippen molar-refractivity contribution in [2.24, 2.45) is 0 Å². The number of phenols is 1. The standard InChI is InChI=1S/C21H19ClN2O3S/c1-13-4-7-15(22)12-17(13)23-20(26)18(11-14-5-8-16(25)9-6-14)24-21(27)19-3-2-10-28-19/h2-10,12,18,25H,11H2,1H3,(H,23,26)(H,24,27). The molecule has 3 N–H and O–H groups in total. The Morgan fingerprint density at radius 1 is 1.14 bits per heavy atom. The van der Waals surface area contributed by atoms with E-state index in [1.54, 1.807) is 53.9 Å². The van der Waals surface area contributed by atoms with Gasteiger partial charge in [-0.3, -0.25) is 9.59 Å². The summed E-state index contributed by atoms with van der Waals surface area (Å²) in [5, 5.41) is 17.4. The van der Waals surface area contributed by atoms with Gasteiger partial charge in [0.25, 0.3) is 5.91 Å². The van der Waals surface area contributed by atoms with Crippen molar-refractivity contribution in [2.75, 3.05) is 5.32 Å². The first-order valence-electron chi connectivity index (χ1n) is 8.61. The number of carbonyl (C=O) groups excluding carboxylic acids is 2. The Bertz CT molecular complexity index is 972. The van der Waals surface area contributed by atoms with E-state index in [-0.39, 0.29) is 24.0 Å². The Morgan fingerprint density at radius 2 is 1.89 bits per heavy atom. The van der Waals surface area contributed by atoms with E-state index in [0.29, 0.717) is 15.6 Å². The van der Waals surface area contributed by atoms with Crippen molar-refractivity contribution in [1.82, 2.24) is 5.32 Å². The molecule has 3 aromatic rings. The van der Waals surface area contributed by atoms with Crippen LogP contribution in [-0.4, -0.2) is 23.0 Å². The number of rotatable bonds is 6. The van der Waals surface area contributed by atoms with Gasteiger partial charge in [0.1, 0.15) is 11.8 Å². The molecule has 28 heavy (non-hydrogen) atoms. The third-order valence-electron chi connectivity index (χ3n) is 4.20. The zero-order valence-corrected chi connectivity index (χ0v) is 16.7. The Balaban J connectivity index is 1.81. The average Bonchev–Trinajstić information content (AvgIpc) is 3.21. The predicted octanol–water partition coefficient (Wildman–Crippen LogP) is 4.40. The molecule has 0 bridgehead atoms. The SMILES string of the molecule is Cc1ccc(Cl)cc1NC(=O)C(Cc1ccc(O)cc1)NC(=O)c1cccs1. The van der Waals surface area contributed by atoms with Gasteiger partial charge in [-0.1, -0.05) is 35.9 Å². The number of hydrogen-bond acceptors (Lipinski definition) is 4. The number of nitrogens with one attached hydrogen (secondary N) is 2. The van der Waals surface area contributed by atoms with E-state index < -0.39 is 6.04 Å². The van der Waals surface area contributed by atoms with E-state index in [0.717, 1.165) is 11.1 Å². The van der Waals surface area contributed by atoms with E-state index in [1.807, 2.05) is 13.0 Å². The molecule has 2 aromatic carbocycles. The highest BCUT2D eigenvalue weighted by atomic mass is 35.5. The molecule has 0 spiro atoms. The minimum atomic E-state index is -0.794. The molecule has 1 aromatic heterocycles. The zero-order valence-electron chi connectivity index (χ0n) is 15.1. The molecule has 3 rings (SSSR count). The molecule has 7 heteroatoms. The number of amides is 2. The predicted molar refractivity (Wildman–Crippen MR) is 112 cm³/mol. The number of phenolic OH excluding ortho intramolecular Hbond substituents is 1. The van der Waals surface area contributed by atoms with Gasteiger partial charge in [0, 0.05) is 17.1 Å². The van der Waals surface area contributed by atoms with E-state index in [1.165, 1.54) is 11.3 Å². The second kappa shape index (κ2) is 8.91. The minimum absolute atomic E-state index is 0.141. The van der Waals surface area contributed by atoms with Gasteiger partial charge in [-0.15, -0.1) is 11.3 Å². The van der Waals surface area contributed by atoms with Crippen molar-refractivity contribution in [3.05, 3.63) is 81.0 Å². The van der Waals surface area contributed by atoms with Crippen LogP contribution >= 0.6 is 22.9 Å². The molecule has 0 aliphatic heterocycles. The van der Waals surface area contributed by atoms with E-state index >= 15 is 0 Å². The highest BCUT2D eigenvalue weighted by Gasteiger charge is 2.23. The van der Waals surface area contributed by atoms with Crippen molar-refractivity contribution < 1.29 is 14.7 Å². The Hall–Kier alpha value is -2.83. The van der Waals surface area contributed by atoms with Crippen LogP contribution < -0.4 is 10.6 Å². The third-order valence-corrected chi connectivity index (χ3v) is 5.30. The molecule has 0 saturated carbocycles.